The Morgan fingerprint density at radius 2 is 2.00 bits per heavy atom. The Bertz CT molecular complexity index is 25.7. The van der Waals surface area contributed by atoms with Crippen LogP contribution in [0.1, 0.15) is 21.7 Å². The maximum absolute atomic E-state index is 8.36. The molecule has 0 spiro atoms. The summed E-state index contributed by atoms with van der Waals surface area (Å²) >= 11 is 0. The van der Waals surface area contributed by atoms with Crippen LogP contribution in [0.5, 0.6) is 0 Å². The second-order valence-electron chi connectivity index (χ2n) is 1.26. The molecular weight excluding hydrogens is 87.0 g/mol. The fourth-order valence-corrected chi connectivity index (χ4v) is 0. The molecule has 2 heteroatoms. The van der Waals surface area contributed by atoms with E-state index in [1.807, 2.05) is 6.92 Å². The maximum Gasteiger partial charge on any atom is 1.00 e. The van der Waals surface area contributed by atoms with Crippen LogP contribution in [0, 0.1) is 0 Å². The van der Waals surface area contributed by atoms with Crippen LogP contribution in [-0.2, 0) is 0 Å². The molecule has 0 aromatic heterocycles. The molecule has 0 aliphatic heterocycles. The molecule has 0 saturated carbocycles. The van der Waals surface area contributed by atoms with Crippen LogP contribution >= 0.6 is 0 Å². The molecule has 0 aliphatic rings. The molecule has 1 N–H and O–H groups in total. The Hall–Kier alpha value is 0.960. The van der Waals surface area contributed by atoms with E-state index < -0.39 is 0 Å². The Labute approximate surface area is 62.5 Å². The van der Waals surface area contributed by atoms with Gasteiger partial charge in [0.05, 0.1) is 6.10 Å². The average molecular weight is 98.1 g/mol. The zero-order valence-corrected chi connectivity index (χ0v) is 6.73. The van der Waals surface area contributed by atoms with E-state index in [4.69, 9.17) is 5.11 Å². The molecule has 1 atom stereocenters. The molecule has 1 nitrogen and oxygen atoms in total. The first-order chi connectivity index (χ1) is 2.27. The molecule has 0 saturated heterocycles. The van der Waals surface area contributed by atoms with E-state index in [1.165, 1.54) is 0 Å². The third-order valence-corrected chi connectivity index (χ3v) is 0.591. The normalized spacial score (nSPS) is 12.5. The van der Waals surface area contributed by atoms with Gasteiger partial charge in [-0.05, 0) is 13.3 Å². The maximum atomic E-state index is 8.36. The van der Waals surface area contributed by atoms with Crippen molar-refractivity contribution >= 4 is 0 Å². The van der Waals surface area contributed by atoms with Crippen LogP contribution in [0.15, 0.2) is 0 Å². The van der Waals surface area contributed by atoms with Crippen LogP contribution in [0.2, 0.25) is 0 Å². The third kappa shape index (κ3) is 8.88. The topological polar surface area (TPSA) is 20.2 Å². The van der Waals surface area contributed by atoms with Gasteiger partial charge in [-0.2, -0.15) is 0 Å². The SMILES string of the molecule is CCC(C)O.[H-].[Na+]. The van der Waals surface area contributed by atoms with Crippen molar-refractivity contribution < 1.29 is 36.1 Å². The molecule has 0 rings (SSSR count). The Morgan fingerprint density at radius 1 is 1.83 bits per heavy atom. The van der Waals surface area contributed by atoms with E-state index in [2.05, 4.69) is 0 Å². The molecular formula is C4H11NaO. The second kappa shape index (κ2) is 5.96. The van der Waals surface area contributed by atoms with Gasteiger partial charge in [0.2, 0.25) is 0 Å². The van der Waals surface area contributed by atoms with E-state index >= 15 is 0 Å². The average Bonchev–Trinajstić information content (AvgIpc) is 1.38. The van der Waals surface area contributed by atoms with Gasteiger partial charge in [-0.1, -0.05) is 6.92 Å². The molecule has 0 bridgehead atoms. The van der Waals surface area contributed by atoms with E-state index in [0.717, 1.165) is 6.42 Å². The first-order valence-corrected chi connectivity index (χ1v) is 1.95. The predicted molar refractivity (Wildman–Crippen MR) is 23.1 cm³/mol. The van der Waals surface area contributed by atoms with Crippen molar-refractivity contribution in [1.29, 1.82) is 0 Å². The van der Waals surface area contributed by atoms with Gasteiger partial charge in [-0.25, -0.2) is 0 Å². The summed E-state index contributed by atoms with van der Waals surface area (Å²) in [5.74, 6) is 0. The molecule has 1 unspecified atom stereocenters. The summed E-state index contributed by atoms with van der Waals surface area (Å²) in [5, 5.41) is 8.36. The molecule has 0 radical (unpaired) electrons. The predicted octanol–water partition coefficient (Wildman–Crippen LogP) is -2.11. The summed E-state index contributed by atoms with van der Waals surface area (Å²) < 4.78 is 0. The van der Waals surface area contributed by atoms with Crippen molar-refractivity contribution in [3.8, 4) is 0 Å². The molecule has 6 heavy (non-hydrogen) atoms. The zero-order valence-electron chi connectivity index (χ0n) is 5.73. The van der Waals surface area contributed by atoms with Gasteiger partial charge in [-0.3, -0.25) is 0 Å². The van der Waals surface area contributed by atoms with Crippen molar-refractivity contribution in [2.75, 3.05) is 0 Å². The molecule has 0 heterocycles. The molecule has 34 valence electrons. The summed E-state index contributed by atoms with van der Waals surface area (Å²) in [5.41, 5.74) is 0. The fraction of sp³-hybridized carbons (Fsp3) is 1.00. The van der Waals surface area contributed by atoms with Crippen LogP contribution in [-0.4, -0.2) is 11.2 Å². The molecule has 0 aliphatic carbocycles. The van der Waals surface area contributed by atoms with Gasteiger partial charge in [0.25, 0.3) is 0 Å². The van der Waals surface area contributed by atoms with Crippen molar-refractivity contribution in [1.82, 2.24) is 0 Å². The van der Waals surface area contributed by atoms with Gasteiger partial charge in [0.15, 0.2) is 0 Å². The molecule has 0 aromatic carbocycles. The summed E-state index contributed by atoms with van der Waals surface area (Å²) in [6.07, 6.45) is 0.745. The number of rotatable bonds is 1. The van der Waals surface area contributed by atoms with Gasteiger partial charge in [0.1, 0.15) is 0 Å². The fourth-order valence-electron chi connectivity index (χ4n) is 0. The first-order valence-electron chi connectivity index (χ1n) is 1.95. The van der Waals surface area contributed by atoms with Crippen molar-refractivity contribution in [2.24, 2.45) is 0 Å². The first kappa shape index (κ1) is 10.0. The minimum Gasteiger partial charge on any atom is -1.00 e. The van der Waals surface area contributed by atoms with Gasteiger partial charge in [-0.15, -0.1) is 0 Å². The van der Waals surface area contributed by atoms with Crippen molar-refractivity contribution in [3.05, 3.63) is 0 Å². The van der Waals surface area contributed by atoms with Crippen LogP contribution < -0.4 is 29.6 Å². The Balaban J connectivity index is -0.0000000800. The summed E-state index contributed by atoms with van der Waals surface area (Å²) in [4.78, 5) is 0. The number of hydrogen-bond acceptors (Lipinski definition) is 1. The monoisotopic (exact) mass is 98.1 g/mol. The molecule has 0 amide bonds. The van der Waals surface area contributed by atoms with Crippen LogP contribution in [0.25, 0.3) is 0 Å². The quantitative estimate of drug-likeness (QED) is 0.372. The van der Waals surface area contributed by atoms with Gasteiger partial charge >= 0.3 is 29.6 Å². The molecule has 0 fully saturated rings. The molecule has 0 aromatic rings. The van der Waals surface area contributed by atoms with E-state index in [0.29, 0.717) is 0 Å². The minimum absolute atomic E-state index is 0. The third-order valence-electron chi connectivity index (χ3n) is 0.591. The Morgan fingerprint density at radius 3 is 2.00 bits per heavy atom. The van der Waals surface area contributed by atoms with Gasteiger partial charge < -0.3 is 6.53 Å². The summed E-state index contributed by atoms with van der Waals surface area (Å²) in [6, 6.07) is 0. The minimum atomic E-state index is -0.116. The van der Waals surface area contributed by atoms with Crippen LogP contribution in [0.4, 0.5) is 0 Å². The number of hydrogen-bond donors (Lipinski definition) is 1. The zero-order chi connectivity index (χ0) is 4.28. The van der Waals surface area contributed by atoms with E-state index in [1.54, 1.807) is 6.92 Å². The largest absolute Gasteiger partial charge is 1.00 e. The number of aliphatic hydroxyl groups is 1. The number of aliphatic hydroxyl groups excluding tert-OH is 1. The second-order valence-corrected chi connectivity index (χ2v) is 1.26. The Kier molecular flexibility index (Phi) is 9.98. The van der Waals surface area contributed by atoms with Gasteiger partial charge in [0, 0.05) is 0 Å². The van der Waals surface area contributed by atoms with Crippen molar-refractivity contribution in [3.63, 3.8) is 0 Å². The smallest absolute Gasteiger partial charge is 1.00 e. The van der Waals surface area contributed by atoms with E-state index in [-0.39, 0.29) is 37.1 Å². The summed E-state index contributed by atoms with van der Waals surface area (Å²) in [7, 11) is 0. The standard InChI is InChI=1S/C4H10O.Na.H/c1-3-4(2)5;;/h4-5H,3H2,1-2H3;;/q;+1;-1. The van der Waals surface area contributed by atoms with Crippen LogP contribution in [0.3, 0.4) is 0 Å². The summed E-state index contributed by atoms with van der Waals surface area (Å²) in [6.45, 7) is 3.73. The van der Waals surface area contributed by atoms with Crippen molar-refractivity contribution in [2.45, 2.75) is 26.4 Å². The van der Waals surface area contributed by atoms with E-state index in [9.17, 15) is 0 Å².